The molecule has 9 heteroatoms. The summed E-state index contributed by atoms with van der Waals surface area (Å²) in [6.45, 7) is 6.04. The van der Waals surface area contributed by atoms with Gasteiger partial charge in [-0.3, -0.25) is 25.8 Å². The Bertz CT molecular complexity index is 914. The molecule has 6 nitrogen and oxygen atoms in total. The summed E-state index contributed by atoms with van der Waals surface area (Å²) in [6, 6.07) is 12.0. The SMILES string of the molecule is CC(C)(C)c1ccc(C(=O)NC(=S)NNC(=O)COc2ccc(Cl)cc2)cc1Br. The summed E-state index contributed by atoms with van der Waals surface area (Å²) < 4.78 is 6.15. The van der Waals surface area contributed by atoms with Crippen LogP contribution in [0.5, 0.6) is 5.75 Å². The summed E-state index contributed by atoms with van der Waals surface area (Å²) in [5, 5.41) is 3.04. The van der Waals surface area contributed by atoms with Crippen molar-refractivity contribution in [2.75, 3.05) is 6.61 Å². The lowest BCUT2D eigenvalue weighted by Gasteiger charge is -2.21. The molecule has 0 saturated carbocycles. The van der Waals surface area contributed by atoms with Crippen molar-refractivity contribution in [1.82, 2.24) is 16.2 Å². The van der Waals surface area contributed by atoms with Crippen molar-refractivity contribution in [1.29, 1.82) is 0 Å². The number of hydrogen-bond donors (Lipinski definition) is 3. The highest BCUT2D eigenvalue weighted by molar-refractivity contribution is 9.10. The van der Waals surface area contributed by atoms with E-state index in [9.17, 15) is 9.59 Å². The smallest absolute Gasteiger partial charge is 0.276 e. The van der Waals surface area contributed by atoms with Crippen LogP contribution in [0.15, 0.2) is 46.9 Å². The molecule has 0 bridgehead atoms. The molecule has 0 atom stereocenters. The summed E-state index contributed by atoms with van der Waals surface area (Å²) >= 11 is 14.3. The van der Waals surface area contributed by atoms with Gasteiger partial charge in [0.2, 0.25) is 0 Å². The molecule has 2 aromatic rings. The Morgan fingerprint density at radius 3 is 2.34 bits per heavy atom. The van der Waals surface area contributed by atoms with E-state index in [4.69, 9.17) is 28.6 Å². The first-order valence-electron chi connectivity index (χ1n) is 8.65. The fourth-order valence-electron chi connectivity index (χ4n) is 2.31. The number of nitrogens with one attached hydrogen (secondary N) is 3. The van der Waals surface area contributed by atoms with Crippen LogP contribution in [0, 0.1) is 0 Å². The summed E-state index contributed by atoms with van der Waals surface area (Å²) in [6.07, 6.45) is 0. The lowest BCUT2D eigenvalue weighted by Crippen LogP contribution is -2.49. The molecule has 0 unspecified atom stereocenters. The van der Waals surface area contributed by atoms with Gasteiger partial charge in [-0.15, -0.1) is 0 Å². The molecular weight excluding hydrogens is 478 g/mol. The van der Waals surface area contributed by atoms with E-state index in [0.717, 1.165) is 10.0 Å². The maximum absolute atomic E-state index is 12.3. The monoisotopic (exact) mass is 497 g/mol. The molecule has 2 rings (SSSR count). The standard InChI is InChI=1S/C20H21BrClN3O3S/c1-20(2,3)15-9-4-12(10-16(15)21)18(27)23-19(29)25-24-17(26)11-28-14-7-5-13(22)6-8-14/h4-10H,11H2,1-3H3,(H,24,26)(H2,23,25,27,29). The highest BCUT2D eigenvalue weighted by Crippen LogP contribution is 2.30. The van der Waals surface area contributed by atoms with Crippen molar-refractivity contribution in [2.45, 2.75) is 26.2 Å². The second-order valence-corrected chi connectivity index (χ2v) is 8.84. The van der Waals surface area contributed by atoms with Crippen LogP contribution in [0.1, 0.15) is 36.7 Å². The lowest BCUT2D eigenvalue weighted by atomic mass is 9.86. The number of carbonyl (C=O) groups excluding carboxylic acids is 2. The lowest BCUT2D eigenvalue weighted by molar-refractivity contribution is -0.123. The number of benzene rings is 2. The molecule has 0 aliphatic carbocycles. The van der Waals surface area contributed by atoms with Crippen molar-refractivity contribution in [3.05, 3.63) is 63.1 Å². The molecule has 0 aromatic heterocycles. The van der Waals surface area contributed by atoms with Crippen LogP contribution in [0.2, 0.25) is 5.02 Å². The first-order chi connectivity index (χ1) is 13.6. The van der Waals surface area contributed by atoms with Crippen LogP contribution in [0.25, 0.3) is 0 Å². The molecule has 2 amide bonds. The molecule has 0 heterocycles. The molecule has 0 aliphatic heterocycles. The maximum Gasteiger partial charge on any atom is 0.276 e. The summed E-state index contributed by atoms with van der Waals surface area (Å²) in [5.74, 6) is -0.353. The Kier molecular flexibility index (Phi) is 8.01. The predicted octanol–water partition coefficient (Wildman–Crippen LogP) is 4.11. The Labute approximate surface area is 188 Å². The first-order valence-corrected chi connectivity index (χ1v) is 10.2. The van der Waals surface area contributed by atoms with E-state index >= 15 is 0 Å². The quantitative estimate of drug-likeness (QED) is 0.437. The molecule has 154 valence electrons. The number of halogens is 2. The van der Waals surface area contributed by atoms with Gasteiger partial charge in [0.1, 0.15) is 5.75 Å². The van der Waals surface area contributed by atoms with E-state index in [2.05, 4.69) is 52.9 Å². The Balaban J connectivity index is 1.81. The van der Waals surface area contributed by atoms with E-state index in [1.54, 1.807) is 36.4 Å². The van der Waals surface area contributed by atoms with Gasteiger partial charge in [0.25, 0.3) is 11.8 Å². The predicted molar refractivity (Wildman–Crippen MR) is 121 cm³/mol. The van der Waals surface area contributed by atoms with Gasteiger partial charge in [-0.25, -0.2) is 0 Å². The number of rotatable bonds is 4. The Morgan fingerprint density at radius 1 is 1.10 bits per heavy atom. The van der Waals surface area contributed by atoms with Gasteiger partial charge in [0, 0.05) is 15.1 Å². The maximum atomic E-state index is 12.3. The fraction of sp³-hybridized carbons (Fsp3) is 0.250. The van der Waals surface area contributed by atoms with E-state index < -0.39 is 11.8 Å². The summed E-state index contributed by atoms with van der Waals surface area (Å²) in [4.78, 5) is 24.2. The van der Waals surface area contributed by atoms with E-state index in [1.807, 2.05) is 6.07 Å². The molecule has 0 aliphatic rings. The number of hydrogen-bond acceptors (Lipinski definition) is 4. The highest BCUT2D eigenvalue weighted by Gasteiger charge is 2.18. The zero-order chi connectivity index (χ0) is 21.6. The first kappa shape index (κ1) is 23.1. The summed E-state index contributed by atoms with van der Waals surface area (Å²) in [5.41, 5.74) is 6.29. The van der Waals surface area contributed by atoms with Gasteiger partial charge in [-0.2, -0.15) is 0 Å². The number of amides is 2. The van der Waals surface area contributed by atoms with Gasteiger partial charge in [0.15, 0.2) is 11.7 Å². The molecular formula is C20H21BrClN3O3S. The number of thiocarbonyl (C=S) groups is 1. The van der Waals surface area contributed by atoms with Crippen LogP contribution in [0.3, 0.4) is 0 Å². The topological polar surface area (TPSA) is 79.5 Å². The van der Waals surface area contributed by atoms with Crippen molar-refractivity contribution in [3.8, 4) is 5.75 Å². The molecule has 0 saturated heterocycles. The molecule has 29 heavy (non-hydrogen) atoms. The largest absolute Gasteiger partial charge is 0.484 e. The van der Waals surface area contributed by atoms with Crippen molar-refractivity contribution >= 4 is 56.7 Å². The van der Waals surface area contributed by atoms with Crippen molar-refractivity contribution < 1.29 is 14.3 Å². The van der Waals surface area contributed by atoms with Crippen LogP contribution in [0.4, 0.5) is 0 Å². The molecule has 0 spiro atoms. The minimum Gasteiger partial charge on any atom is -0.484 e. The molecule has 0 fully saturated rings. The molecule has 0 radical (unpaired) electrons. The third-order valence-electron chi connectivity index (χ3n) is 3.77. The van der Waals surface area contributed by atoms with Gasteiger partial charge in [0.05, 0.1) is 0 Å². The number of carbonyl (C=O) groups is 2. The van der Waals surface area contributed by atoms with Gasteiger partial charge < -0.3 is 4.74 Å². The zero-order valence-corrected chi connectivity index (χ0v) is 19.3. The van der Waals surface area contributed by atoms with Gasteiger partial charge in [-0.05, 0) is 59.6 Å². The third kappa shape index (κ3) is 7.30. The number of hydrazine groups is 1. The normalized spacial score (nSPS) is 10.8. The molecule has 2 aromatic carbocycles. The average molecular weight is 499 g/mol. The minimum absolute atomic E-state index is 0.0362. The number of ether oxygens (including phenoxy) is 1. The van der Waals surface area contributed by atoms with Crippen molar-refractivity contribution in [3.63, 3.8) is 0 Å². The summed E-state index contributed by atoms with van der Waals surface area (Å²) in [7, 11) is 0. The van der Waals surface area contributed by atoms with Crippen LogP contribution in [-0.2, 0) is 10.2 Å². The van der Waals surface area contributed by atoms with Crippen LogP contribution < -0.4 is 20.9 Å². The van der Waals surface area contributed by atoms with E-state index in [0.29, 0.717) is 16.3 Å². The van der Waals surface area contributed by atoms with Crippen LogP contribution in [-0.4, -0.2) is 23.5 Å². The Hall–Kier alpha value is -2.16. The third-order valence-corrected chi connectivity index (χ3v) is 4.88. The highest BCUT2D eigenvalue weighted by atomic mass is 79.9. The second-order valence-electron chi connectivity index (χ2n) is 7.14. The van der Waals surface area contributed by atoms with Gasteiger partial charge >= 0.3 is 0 Å². The van der Waals surface area contributed by atoms with E-state index in [1.165, 1.54) is 0 Å². The fourth-order valence-corrected chi connectivity index (χ4v) is 3.56. The second kappa shape index (κ2) is 10.0. The van der Waals surface area contributed by atoms with Crippen LogP contribution >= 0.6 is 39.7 Å². The van der Waals surface area contributed by atoms with E-state index in [-0.39, 0.29) is 17.1 Å². The van der Waals surface area contributed by atoms with Crippen molar-refractivity contribution in [2.24, 2.45) is 0 Å². The molecule has 3 N–H and O–H groups in total. The zero-order valence-electron chi connectivity index (χ0n) is 16.1. The Morgan fingerprint density at radius 2 is 1.76 bits per heavy atom. The van der Waals surface area contributed by atoms with Gasteiger partial charge in [-0.1, -0.05) is 54.4 Å². The minimum atomic E-state index is -0.464. The average Bonchev–Trinajstić information content (AvgIpc) is 2.64.